The quantitative estimate of drug-likeness (QED) is 0.524. The van der Waals surface area contributed by atoms with Gasteiger partial charge in [0.15, 0.2) is 0 Å². The van der Waals surface area contributed by atoms with Crippen molar-refractivity contribution in [2.75, 3.05) is 0 Å². The van der Waals surface area contributed by atoms with Crippen LogP contribution in [0.5, 0.6) is 0 Å². The molecule has 0 heteroatoms. The fourth-order valence-corrected chi connectivity index (χ4v) is 3.97. The summed E-state index contributed by atoms with van der Waals surface area (Å²) in [4.78, 5) is 0. The Morgan fingerprint density at radius 3 is 0.833 bits per heavy atom. The molecule has 0 spiro atoms. The van der Waals surface area contributed by atoms with Crippen LogP contribution in [-0.4, -0.2) is 0 Å². The van der Waals surface area contributed by atoms with E-state index in [0.29, 0.717) is 0 Å². The average molecular weight is 331 g/mol. The van der Waals surface area contributed by atoms with Gasteiger partial charge in [-0.05, 0) is 82.7 Å². The van der Waals surface area contributed by atoms with E-state index in [1.165, 1.54) is 22.3 Å². The zero-order valence-electron chi connectivity index (χ0n) is 19.0. The highest BCUT2D eigenvalue weighted by molar-refractivity contribution is 5.56. The molecule has 0 saturated carbocycles. The van der Waals surface area contributed by atoms with Crippen LogP contribution in [-0.2, 0) is 10.8 Å². The highest BCUT2D eigenvalue weighted by Gasteiger charge is 2.42. The van der Waals surface area contributed by atoms with Gasteiger partial charge in [-0.3, -0.25) is 0 Å². The Kier molecular flexibility index (Phi) is 5.22. The summed E-state index contributed by atoms with van der Waals surface area (Å²) in [6.45, 7) is 33.2. The van der Waals surface area contributed by atoms with Gasteiger partial charge < -0.3 is 0 Å². The summed E-state index contributed by atoms with van der Waals surface area (Å²) in [6.07, 6.45) is 0. The van der Waals surface area contributed by atoms with Crippen LogP contribution in [0.15, 0.2) is 0 Å². The van der Waals surface area contributed by atoms with Gasteiger partial charge in [-0.25, -0.2) is 0 Å². The van der Waals surface area contributed by atoms with Crippen LogP contribution in [0.1, 0.15) is 103 Å². The van der Waals surface area contributed by atoms with Crippen LogP contribution >= 0.6 is 0 Å². The molecule has 0 fully saturated rings. The molecule has 0 aliphatic carbocycles. The Morgan fingerprint density at radius 2 is 0.625 bits per heavy atom. The second kappa shape index (κ2) is 5.89. The van der Waals surface area contributed by atoms with E-state index in [9.17, 15) is 0 Å². The van der Waals surface area contributed by atoms with Crippen molar-refractivity contribution in [2.45, 2.75) is 108 Å². The van der Waals surface area contributed by atoms with Crippen LogP contribution in [0.2, 0.25) is 0 Å². The van der Waals surface area contributed by atoms with E-state index in [1.54, 1.807) is 11.1 Å². The maximum absolute atomic E-state index is 2.42. The maximum atomic E-state index is 2.42. The van der Waals surface area contributed by atoms with Gasteiger partial charge in [0.1, 0.15) is 0 Å². The van der Waals surface area contributed by atoms with Gasteiger partial charge in [0.25, 0.3) is 0 Å². The van der Waals surface area contributed by atoms with Gasteiger partial charge in [0.2, 0.25) is 0 Å². The lowest BCUT2D eigenvalue weighted by atomic mass is 9.58. The highest BCUT2D eigenvalue weighted by Crippen LogP contribution is 2.50. The van der Waals surface area contributed by atoms with Crippen molar-refractivity contribution in [3.8, 4) is 0 Å². The van der Waals surface area contributed by atoms with E-state index < -0.39 is 0 Å². The summed E-state index contributed by atoms with van der Waals surface area (Å²) in [5.41, 5.74) is 9.76. The smallest absolute Gasteiger partial charge is 0.00496 e. The minimum absolute atomic E-state index is 0.127. The van der Waals surface area contributed by atoms with Crippen LogP contribution in [0.25, 0.3) is 0 Å². The lowest BCUT2D eigenvalue weighted by Crippen LogP contribution is -2.39. The third kappa shape index (κ3) is 3.06. The number of hydrogen-bond acceptors (Lipinski definition) is 0. The van der Waals surface area contributed by atoms with E-state index in [0.717, 1.165) is 0 Å². The van der Waals surface area contributed by atoms with Crippen molar-refractivity contribution in [1.29, 1.82) is 0 Å². The van der Waals surface area contributed by atoms with Crippen molar-refractivity contribution in [2.24, 2.45) is 10.8 Å². The molecule has 0 N–H and O–H groups in total. The molecule has 0 heterocycles. The number of rotatable bonds is 2. The summed E-state index contributed by atoms with van der Waals surface area (Å²) >= 11 is 0. The van der Waals surface area contributed by atoms with Crippen LogP contribution < -0.4 is 0 Å². The first-order valence-electron chi connectivity index (χ1n) is 9.50. The molecule has 0 aliphatic heterocycles. The SMILES string of the molecule is Cc1c(C)c(C(C)(C)C(C)(C)C)c(C)c(C(C)(C)C(C)(C)C)c1C. The molecule has 138 valence electrons. The fraction of sp³-hybridized carbons (Fsp3) is 0.750. The summed E-state index contributed by atoms with van der Waals surface area (Å²) in [5, 5.41) is 0. The lowest BCUT2D eigenvalue weighted by molar-refractivity contribution is 0.214. The third-order valence-electron chi connectivity index (χ3n) is 7.62. The van der Waals surface area contributed by atoms with Gasteiger partial charge in [0.05, 0.1) is 0 Å². The topological polar surface area (TPSA) is 0 Å². The predicted octanol–water partition coefficient (Wildman–Crippen LogP) is 7.57. The molecule has 0 nitrogen and oxygen atoms in total. The molecule has 0 amide bonds. The second-order valence-corrected chi connectivity index (χ2v) is 11.0. The van der Waals surface area contributed by atoms with Crippen LogP contribution in [0.4, 0.5) is 0 Å². The van der Waals surface area contributed by atoms with Crippen molar-refractivity contribution in [1.82, 2.24) is 0 Å². The van der Waals surface area contributed by atoms with Crippen molar-refractivity contribution in [3.63, 3.8) is 0 Å². The Bertz CT molecular complexity index is 572. The van der Waals surface area contributed by atoms with Crippen molar-refractivity contribution in [3.05, 3.63) is 33.4 Å². The van der Waals surface area contributed by atoms with Gasteiger partial charge >= 0.3 is 0 Å². The Morgan fingerprint density at radius 1 is 0.375 bits per heavy atom. The summed E-state index contributed by atoms with van der Waals surface area (Å²) in [5.74, 6) is 0. The molecule has 1 aromatic rings. The first kappa shape index (κ1) is 21.3. The standard InChI is InChI=1S/C24H42/c1-15-16(2)19(23(11,12)21(5,6)7)18(4)20(17(15)3)24(13,14)22(8,9)10/h1-14H3. The first-order chi connectivity index (χ1) is 10.4. The fourth-order valence-electron chi connectivity index (χ4n) is 3.97. The molecule has 0 radical (unpaired) electrons. The summed E-state index contributed by atoms with van der Waals surface area (Å²) < 4.78 is 0. The van der Waals surface area contributed by atoms with E-state index in [-0.39, 0.29) is 21.7 Å². The average Bonchev–Trinajstić information content (AvgIpc) is 2.33. The van der Waals surface area contributed by atoms with Gasteiger partial charge in [-0.2, -0.15) is 0 Å². The van der Waals surface area contributed by atoms with E-state index in [4.69, 9.17) is 0 Å². The van der Waals surface area contributed by atoms with Crippen molar-refractivity contribution < 1.29 is 0 Å². The monoisotopic (exact) mass is 330 g/mol. The minimum Gasteiger partial charge on any atom is -0.0593 e. The lowest BCUT2D eigenvalue weighted by Gasteiger charge is -2.46. The normalized spacial score (nSPS) is 14.2. The zero-order valence-corrected chi connectivity index (χ0v) is 19.0. The van der Waals surface area contributed by atoms with E-state index in [1.807, 2.05) is 0 Å². The van der Waals surface area contributed by atoms with Crippen molar-refractivity contribution >= 4 is 0 Å². The Hall–Kier alpha value is -0.780. The van der Waals surface area contributed by atoms with Crippen LogP contribution in [0, 0.1) is 38.5 Å². The van der Waals surface area contributed by atoms with E-state index in [2.05, 4.69) is 96.9 Å². The van der Waals surface area contributed by atoms with Gasteiger partial charge in [0, 0.05) is 0 Å². The molecule has 24 heavy (non-hydrogen) atoms. The zero-order chi connectivity index (χ0) is 19.5. The molecule has 0 unspecified atom stereocenters. The second-order valence-electron chi connectivity index (χ2n) is 11.0. The maximum Gasteiger partial charge on any atom is -0.00496 e. The molecular formula is C24H42. The molecular weight excluding hydrogens is 288 g/mol. The Labute approximate surface area is 152 Å². The van der Waals surface area contributed by atoms with Gasteiger partial charge in [-0.15, -0.1) is 0 Å². The Balaban J connectivity index is 4.00. The molecule has 0 bridgehead atoms. The highest BCUT2D eigenvalue weighted by atomic mass is 14.5. The largest absolute Gasteiger partial charge is 0.0593 e. The summed E-state index contributed by atoms with van der Waals surface area (Å²) in [6, 6.07) is 0. The number of hydrogen-bond donors (Lipinski definition) is 0. The predicted molar refractivity (Wildman–Crippen MR) is 110 cm³/mol. The first-order valence-corrected chi connectivity index (χ1v) is 9.50. The summed E-state index contributed by atoms with van der Waals surface area (Å²) in [7, 11) is 0. The van der Waals surface area contributed by atoms with E-state index >= 15 is 0 Å². The molecule has 0 atom stereocenters. The molecule has 0 aliphatic rings. The van der Waals surface area contributed by atoms with Gasteiger partial charge in [-0.1, -0.05) is 69.2 Å². The molecule has 1 rings (SSSR count). The molecule has 0 saturated heterocycles. The number of benzene rings is 1. The minimum atomic E-state index is 0.127. The van der Waals surface area contributed by atoms with Crippen LogP contribution in [0.3, 0.4) is 0 Å². The third-order valence-corrected chi connectivity index (χ3v) is 7.62. The molecule has 0 aromatic heterocycles. The molecule has 1 aromatic carbocycles.